The van der Waals surface area contributed by atoms with E-state index < -0.39 is 0 Å². The van der Waals surface area contributed by atoms with Gasteiger partial charge >= 0.3 is 6.03 Å². The van der Waals surface area contributed by atoms with E-state index in [1.807, 2.05) is 50.4 Å². The van der Waals surface area contributed by atoms with E-state index in [9.17, 15) is 4.79 Å². The Morgan fingerprint density at radius 3 is 2.70 bits per heavy atom. The van der Waals surface area contributed by atoms with Crippen molar-refractivity contribution >= 4 is 6.03 Å². The van der Waals surface area contributed by atoms with E-state index in [1.165, 1.54) is 0 Å². The summed E-state index contributed by atoms with van der Waals surface area (Å²) >= 11 is 0. The van der Waals surface area contributed by atoms with Gasteiger partial charge in [0.25, 0.3) is 0 Å². The Kier molecular flexibility index (Phi) is 5.76. The van der Waals surface area contributed by atoms with Gasteiger partial charge in [0, 0.05) is 31.5 Å². The Bertz CT molecular complexity index is 623. The molecule has 23 heavy (non-hydrogen) atoms. The number of rotatable bonds is 7. The predicted molar refractivity (Wildman–Crippen MR) is 89.3 cm³/mol. The number of amides is 2. The molecule has 0 saturated heterocycles. The molecule has 0 spiro atoms. The number of urea groups is 1. The highest BCUT2D eigenvalue weighted by Crippen LogP contribution is 2.17. The van der Waals surface area contributed by atoms with Crippen LogP contribution >= 0.6 is 0 Å². The molecular formula is C17H24N4O2. The first kappa shape index (κ1) is 17.0. The maximum absolute atomic E-state index is 11.8. The molecule has 6 nitrogen and oxygen atoms in total. The maximum atomic E-state index is 11.8. The van der Waals surface area contributed by atoms with Crippen LogP contribution in [-0.4, -0.2) is 34.1 Å². The third-order valence-electron chi connectivity index (χ3n) is 3.63. The van der Waals surface area contributed by atoms with Gasteiger partial charge in [0.2, 0.25) is 0 Å². The first-order chi connectivity index (χ1) is 11.0. The van der Waals surface area contributed by atoms with Crippen LogP contribution in [0.4, 0.5) is 4.79 Å². The molecule has 6 heteroatoms. The molecule has 0 saturated carbocycles. The SMILES string of the molecule is CC(C)(CCO)CNC(=O)NCc1cnn(-c2ccccc2)c1. The van der Waals surface area contributed by atoms with Crippen molar-refractivity contribution in [3.05, 3.63) is 48.3 Å². The number of aliphatic hydroxyl groups excluding tert-OH is 1. The highest BCUT2D eigenvalue weighted by molar-refractivity contribution is 5.73. The second-order valence-electron chi connectivity index (χ2n) is 6.30. The Labute approximate surface area is 136 Å². The fourth-order valence-corrected chi connectivity index (χ4v) is 2.13. The second-order valence-corrected chi connectivity index (χ2v) is 6.30. The van der Waals surface area contributed by atoms with Crippen molar-refractivity contribution in [2.24, 2.45) is 5.41 Å². The number of nitrogens with zero attached hydrogens (tertiary/aromatic N) is 2. The summed E-state index contributed by atoms with van der Waals surface area (Å²) in [7, 11) is 0. The zero-order chi connectivity index (χ0) is 16.7. The minimum absolute atomic E-state index is 0.120. The Morgan fingerprint density at radius 1 is 1.26 bits per heavy atom. The van der Waals surface area contributed by atoms with Crippen LogP contribution in [0.5, 0.6) is 0 Å². The van der Waals surface area contributed by atoms with Crippen molar-refractivity contribution in [2.75, 3.05) is 13.2 Å². The van der Waals surface area contributed by atoms with E-state index in [-0.39, 0.29) is 18.1 Å². The zero-order valence-corrected chi connectivity index (χ0v) is 13.6. The molecule has 124 valence electrons. The molecule has 0 fully saturated rings. The Morgan fingerprint density at radius 2 is 2.00 bits per heavy atom. The van der Waals surface area contributed by atoms with E-state index in [1.54, 1.807) is 10.9 Å². The van der Waals surface area contributed by atoms with Crippen LogP contribution in [0.1, 0.15) is 25.8 Å². The molecule has 1 aromatic heterocycles. The molecule has 0 aliphatic heterocycles. The zero-order valence-electron chi connectivity index (χ0n) is 13.6. The molecule has 0 aliphatic carbocycles. The van der Waals surface area contributed by atoms with Crippen molar-refractivity contribution in [1.29, 1.82) is 0 Å². The van der Waals surface area contributed by atoms with Crippen molar-refractivity contribution in [3.63, 3.8) is 0 Å². The van der Waals surface area contributed by atoms with E-state index in [2.05, 4.69) is 15.7 Å². The number of para-hydroxylation sites is 1. The lowest BCUT2D eigenvalue weighted by atomic mass is 9.90. The van der Waals surface area contributed by atoms with Gasteiger partial charge in [-0.25, -0.2) is 9.48 Å². The van der Waals surface area contributed by atoms with Crippen LogP contribution in [0.2, 0.25) is 0 Å². The summed E-state index contributed by atoms with van der Waals surface area (Å²) in [5.41, 5.74) is 1.79. The molecular weight excluding hydrogens is 292 g/mol. The first-order valence-corrected chi connectivity index (χ1v) is 7.72. The van der Waals surface area contributed by atoms with Crippen LogP contribution in [0.3, 0.4) is 0 Å². The largest absolute Gasteiger partial charge is 0.396 e. The summed E-state index contributed by atoms with van der Waals surface area (Å²) in [5, 5.41) is 18.9. The summed E-state index contributed by atoms with van der Waals surface area (Å²) in [5.74, 6) is 0. The van der Waals surface area contributed by atoms with Crippen molar-refractivity contribution in [1.82, 2.24) is 20.4 Å². The van der Waals surface area contributed by atoms with Gasteiger partial charge in [-0.05, 0) is 24.0 Å². The van der Waals surface area contributed by atoms with E-state index >= 15 is 0 Å². The third-order valence-corrected chi connectivity index (χ3v) is 3.63. The van der Waals surface area contributed by atoms with Gasteiger partial charge in [-0.3, -0.25) is 0 Å². The second kappa shape index (κ2) is 7.78. The molecule has 1 aromatic carbocycles. The van der Waals surface area contributed by atoms with Crippen LogP contribution < -0.4 is 10.6 Å². The minimum atomic E-state index is -0.219. The average Bonchev–Trinajstić information content (AvgIpc) is 3.01. The highest BCUT2D eigenvalue weighted by Gasteiger charge is 2.17. The average molecular weight is 316 g/mol. The van der Waals surface area contributed by atoms with Gasteiger partial charge in [0.1, 0.15) is 0 Å². The maximum Gasteiger partial charge on any atom is 0.315 e. The van der Waals surface area contributed by atoms with Crippen LogP contribution in [0.15, 0.2) is 42.7 Å². The lowest BCUT2D eigenvalue weighted by molar-refractivity contribution is 0.201. The monoisotopic (exact) mass is 316 g/mol. The van der Waals surface area contributed by atoms with E-state index in [4.69, 9.17) is 5.11 Å². The fourth-order valence-electron chi connectivity index (χ4n) is 2.13. The molecule has 2 aromatic rings. The predicted octanol–water partition coefficient (Wildman–Crippen LogP) is 2.08. The Balaban J connectivity index is 1.80. The number of nitrogens with one attached hydrogen (secondary N) is 2. The van der Waals surface area contributed by atoms with E-state index in [0.29, 0.717) is 19.5 Å². The summed E-state index contributed by atoms with van der Waals surface area (Å²) in [6.07, 6.45) is 4.28. The van der Waals surface area contributed by atoms with Crippen molar-refractivity contribution < 1.29 is 9.90 Å². The number of hydrogen-bond acceptors (Lipinski definition) is 3. The molecule has 2 rings (SSSR count). The van der Waals surface area contributed by atoms with Gasteiger partial charge in [0.15, 0.2) is 0 Å². The number of aliphatic hydroxyl groups is 1. The first-order valence-electron chi connectivity index (χ1n) is 7.72. The van der Waals surface area contributed by atoms with Crippen LogP contribution in [-0.2, 0) is 6.54 Å². The topological polar surface area (TPSA) is 79.2 Å². The standard InChI is InChI=1S/C17H24N4O2/c1-17(2,8-9-22)13-19-16(23)18-10-14-11-20-21(12-14)15-6-4-3-5-7-15/h3-7,11-12,22H,8-10,13H2,1-2H3,(H2,18,19,23). The van der Waals surface area contributed by atoms with Crippen molar-refractivity contribution in [3.8, 4) is 5.69 Å². The number of benzene rings is 1. The van der Waals surface area contributed by atoms with Crippen molar-refractivity contribution in [2.45, 2.75) is 26.8 Å². The fraction of sp³-hybridized carbons (Fsp3) is 0.412. The van der Waals surface area contributed by atoms with Gasteiger partial charge in [-0.1, -0.05) is 32.0 Å². The highest BCUT2D eigenvalue weighted by atomic mass is 16.3. The van der Waals surface area contributed by atoms with Gasteiger partial charge < -0.3 is 15.7 Å². The molecule has 0 bridgehead atoms. The third kappa shape index (κ3) is 5.41. The smallest absolute Gasteiger partial charge is 0.315 e. The lowest BCUT2D eigenvalue weighted by Gasteiger charge is -2.23. The number of hydrogen-bond donors (Lipinski definition) is 3. The minimum Gasteiger partial charge on any atom is -0.396 e. The molecule has 0 aliphatic rings. The summed E-state index contributed by atoms with van der Waals surface area (Å²) in [4.78, 5) is 11.8. The molecule has 3 N–H and O–H groups in total. The lowest BCUT2D eigenvalue weighted by Crippen LogP contribution is -2.40. The number of carbonyl (C=O) groups is 1. The van der Waals surface area contributed by atoms with Gasteiger partial charge in [0.05, 0.1) is 11.9 Å². The molecule has 0 unspecified atom stereocenters. The van der Waals surface area contributed by atoms with Crippen LogP contribution in [0.25, 0.3) is 5.69 Å². The Hall–Kier alpha value is -2.34. The summed E-state index contributed by atoms with van der Waals surface area (Å²) in [6.45, 7) is 5.07. The number of carbonyl (C=O) groups excluding carboxylic acids is 1. The molecule has 0 atom stereocenters. The number of aromatic nitrogens is 2. The van der Waals surface area contributed by atoms with Crippen LogP contribution in [0, 0.1) is 5.41 Å². The summed E-state index contributed by atoms with van der Waals surface area (Å²) < 4.78 is 1.78. The molecule has 1 heterocycles. The summed E-state index contributed by atoms with van der Waals surface area (Å²) in [6, 6.07) is 9.59. The molecule has 2 amide bonds. The molecule has 0 radical (unpaired) electrons. The van der Waals surface area contributed by atoms with Gasteiger partial charge in [-0.15, -0.1) is 0 Å². The normalized spacial score (nSPS) is 11.3. The van der Waals surface area contributed by atoms with E-state index in [0.717, 1.165) is 11.3 Å². The quantitative estimate of drug-likeness (QED) is 0.732. The van der Waals surface area contributed by atoms with Gasteiger partial charge in [-0.2, -0.15) is 5.10 Å².